The third-order valence-electron chi connectivity index (χ3n) is 1.33. The number of hydrogen-bond donors (Lipinski definition) is 0. The summed E-state index contributed by atoms with van der Waals surface area (Å²) in [5.74, 6) is -0.766. The fraction of sp³-hybridized carbons (Fsp3) is 0.857. The Balaban J connectivity index is 0. The maximum absolute atomic E-state index is 10.7. The van der Waals surface area contributed by atoms with E-state index in [9.17, 15) is 17.8 Å². The SMILES string of the molecule is CCOC(=O)CCCCS(=O)(=O)[O-].[Na+]. The summed E-state index contributed by atoms with van der Waals surface area (Å²) in [6.45, 7) is 2.01. The molecule has 0 amide bonds. The maximum Gasteiger partial charge on any atom is 1.00 e. The molecule has 78 valence electrons. The van der Waals surface area contributed by atoms with Gasteiger partial charge >= 0.3 is 35.5 Å². The second-order valence-electron chi connectivity index (χ2n) is 2.52. The van der Waals surface area contributed by atoms with Gasteiger partial charge < -0.3 is 9.29 Å². The Bertz CT molecular complexity index is 249. The van der Waals surface area contributed by atoms with Crippen LogP contribution in [0.3, 0.4) is 0 Å². The fourth-order valence-electron chi connectivity index (χ4n) is 0.781. The Labute approximate surface area is 106 Å². The van der Waals surface area contributed by atoms with E-state index >= 15 is 0 Å². The molecule has 7 heteroatoms. The average Bonchev–Trinajstić information content (AvgIpc) is 1.97. The van der Waals surface area contributed by atoms with Crippen molar-refractivity contribution < 1.29 is 52.1 Å². The molecule has 14 heavy (non-hydrogen) atoms. The summed E-state index contributed by atoms with van der Waals surface area (Å²) in [5, 5.41) is 0. The van der Waals surface area contributed by atoms with Gasteiger partial charge in [-0.2, -0.15) is 0 Å². The van der Waals surface area contributed by atoms with Crippen LogP contribution in [-0.2, 0) is 19.6 Å². The van der Waals surface area contributed by atoms with Crippen molar-refractivity contribution in [1.82, 2.24) is 0 Å². The smallest absolute Gasteiger partial charge is 0.748 e. The Morgan fingerprint density at radius 1 is 1.36 bits per heavy atom. The van der Waals surface area contributed by atoms with Crippen LogP contribution in [0.15, 0.2) is 0 Å². The summed E-state index contributed by atoms with van der Waals surface area (Å²) < 4.78 is 35.0. The zero-order valence-electron chi connectivity index (χ0n) is 8.49. The predicted molar refractivity (Wildman–Crippen MR) is 45.0 cm³/mol. The average molecular weight is 232 g/mol. The number of ether oxygens (including phenoxy) is 1. The third kappa shape index (κ3) is 12.4. The van der Waals surface area contributed by atoms with Crippen LogP contribution in [0.5, 0.6) is 0 Å². The fourth-order valence-corrected chi connectivity index (χ4v) is 1.34. The monoisotopic (exact) mass is 232 g/mol. The Morgan fingerprint density at radius 3 is 2.36 bits per heavy atom. The van der Waals surface area contributed by atoms with Crippen molar-refractivity contribution in [3.8, 4) is 0 Å². The molecule has 0 spiro atoms. The van der Waals surface area contributed by atoms with Crippen molar-refractivity contribution in [2.24, 2.45) is 0 Å². The second-order valence-corrected chi connectivity index (χ2v) is 4.05. The first-order valence-corrected chi connectivity index (χ1v) is 5.62. The van der Waals surface area contributed by atoms with Crippen LogP contribution in [0.4, 0.5) is 0 Å². The summed E-state index contributed by atoms with van der Waals surface area (Å²) in [7, 11) is -4.14. The molecule has 0 aromatic rings. The van der Waals surface area contributed by atoms with E-state index in [0.29, 0.717) is 13.0 Å². The van der Waals surface area contributed by atoms with Crippen molar-refractivity contribution >= 4 is 16.1 Å². The van der Waals surface area contributed by atoms with Crippen molar-refractivity contribution in [2.45, 2.75) is 26.2 Å². The van der Waals surface area contributed by atoms with Gasteiger partial charge in [-0.25, -0.2) is 8.42 Å². The molecule has 0 bridgehead atoms. The molecule has 0 atom stereocenters. The van der Waals surface area contributed by atoms with Gasteiger partial charge in [0.15, 0.2) is 0 Å². The minimum Gasteiger partial charge on any atom is -0.748 e. The molecule has 0 aromatic heterocycles. The van der Waals surface area contributed by atoms with E-state index in [0.717, 1.165) is 0 Å². The summed E-state index contributed by atoms with van der Waals surface area (Å²) in [4.78, 5) is 10.7. The number of hydrogen-bond acceptors (Lipinski definition) is 5. The zero-order valence-corrected chi connectivity index (χ0v) is 11.3. The first-order valence-electron chi connectivity index (χ1n) is 4.05. The topological polar surface area (TPSA) is 83.5 Å². The third-order valence-corrected chi connectivity index (χ3v) is 2.12. The van der Waals surface area contributed by atoms with Gasteiger partial charge in [0.25, 0.3) is 0 Å². The van der Waals surface area contributed by atoms with Crippen molar-refractivity contribution in [1.29, 1.82) is 0 Å². The van der Waals surface area contributed by atoms with Gasteiger partial charge in [0.2, 0.25) is 0 Å². The number of carbonyl (C=O) groups excluding carboxylic acids is 1. The number of rotatable bonds is 6. The molecule has 5 nitrogen and oxygen atoms in total. The molecule has 0 rings (SSSR count). The molecule has 0 unspecified atom stereocenters. The van der Waals surface area contributed by atoms with Crippen LogP contribution in [0.25, 0.3) is 0 Å². The number of esters is 1. The van der Waals surface area contributed by atoms with Crippen LogP contribution in [0, 0.1) is 0 Å². The van der Waals surface area contributed by atoms with Crippen LogP contribution in [-0.4, -0.2) is 31.3 Å². The van der Waals surface area contributed by atoms with Gasteiger partial charge in [0, 0.05) is 12.2 Å². The Hall–Kier alpha value is 0.380. The molecule has 0 saturated heterocycles. The molecule has 0 aliphatic carbocycles. The zero-order chi connectivity index (χ0) is 10.3. The first-order chi connectivity index (χ1) is 5.95. The van der Waals surface area contributed by atoms with Gasteiger partial charge in [-0.05, 0) is 19.8 Å². The minimum absolute atomic E-state index is 0. The molecule has 0 saturated carbocycles. The van der Waals surface area contributed by atoms with Crippen LogP contribution in [0.2, 0.25) is 0 Å². The van der Waals surface area contributed by atoms with E-state index < -0.39 is 15.9 Å². The van der Waals surface area contributed by atoms with Gasteiger partial charge in [-0.3, -0.25) is 4.79 Å². The van der Waals surface area contributed by atoms with E-state index in [1.165, 1.54) is 0 Å². The van der Waals surface area contributed by atoms with E-state index in [1.54, 1.807) is 6.92 Å². The molecule has 0 aliphatic heterocycles. The summed E-state index contributed by atoms with van der Waals surface area (Å²) in [6, 6.07) is 0. The van der Waals surface area contributed by atoms with E-state index in [-0.39, 0.29) is 48.4 Å². The minimum atomic E-state index is -4.14. The molecule has 0 aromatic carbocycles. The standard InChI is InChI=1S/C7H14O5S.Na/c1-2-12-7(8)5-3-4-6-13(9,10)11;/h2-6H2,1H3,(H,9,10,11);/q;+1/p-1. The van der Waals surface area contributed by atoms with Gasteiger partial charge in [-0.15, -0.1) is 0 Å². The maximum atomic E-state index is 10.7. The summed E-state index contributed by atoms with van der Waals surface area (Å²) >= 11 is 0. The van der Waals surface area contributed by atoms with E-state index in [2.05, 4.69) is 4.74 Å². The molecule has 0 N–H and O–H groups in total. The largest absolute Gasteiger partial charge is 1.00 e. The normalized spacial score (nSPS) is 10.4. The van der Waals surface area contributed by atoms with Gasteiger partial charge in [-0.1, -0.05) is 0 Å². The Morgan fingerprint density at radius 2 is 1.93 bits per heavy atom. The van der Waals surface area contributed by atoms with E-state index in [1.807, 2.05) is 0 Å². The van der Waals surface area contributed by atoms with Crippen LogP contribution >= 0.6 is 0 Å². The Kier molecular flexibility index (Phi) is 10.4. The summed E-state index contributed by atoms with van der Waals surface area (Å²) in [6.07, 6.45) is 0.758. The molecule has 0 aliphatic rings. The number of unbranched alkanes of at least 4 members (excludes halogenated alkanes) is 1. The van der Waals surface area contributed by atoms with Gasteiger partial charge in [0.1, 0.15) is 0 Å². The van der Waals surface area contributed by atoms with Gasteiger partial charge in [0.05, 0.1) is 16.7 Å². The van der Waals surface area contributed by atoms with Crippen molar-refractivity contribution in [3.05, 3.63) is 0 Å². The molecular formula is C7H13NaO5S. The molecule has 0 radical (unpaired) electrons. The van der Waals surface area contributed by atoms with E-state index in [4.69, 9.17) is 0 Å². The molecule has 0 heterocycles. The quantitative estimate of drug-likeness (QED) is 0.215. The second kappa shape index (κ2) is 8.67. The predicted octanol–water partition coefficient (Wildman–Crippen LogP) is -2.73. The van der Waals surface area contributed by atoms with Crippen LogP contribution < -0.4 is 29.6 Å². The summed E-state index contributed by atoms with van der Waals surface area (Å²) in [5.41, 5.74) is 0. The van der Waals surface area contributed by atoms with Crippen molar-refractivity contribution in [3.63, 3.8) is 0 Å². The molecular weight excluding hydrogens is 219 g/mol. The van der Waals surface area contributed by atoms with Crippen LogP contribution in [0.1, 0.15) is 26.2 Å². The van der Waals surface area contributed by atoms with Crippen molar-refractivity contribution in [2.75, 3.05) is 12.4 Å². The number of carbonyl (C=O) groups is 1. The molecule has 0 fully saturated rings. The first kappa shape index (κ1) is 16.8.